The molecule has 1 unspecified atom stereocenters. The van der Waals surface area contributed by atoms with Gasteiger partial charge in [0.05, 0.1) is 24.6 Å². The first-order valence-corrected chi connectivity index (χ1v) is 12.7. The summed E-state index contributed by atoms with van der Waals surface area (Å²) in [7, 11) is -0.665. The van der Waals surface area contributed by atoms with Crippen molar-refractivity contribution in [1.29, 1.82) is 0 Å². The first-order chi connectivity index (χ1) is 10.3. The minimum Gasteiger partial charge on any atom is -0.0652 e. The topological polar surface area (TPSA) is 0 Å². The Bertz CT molecular complexity index is 229. The summed E-state index contributed by atoms with van der Waals surface area (Å²) in [5.41, 5.74) is 0.497. The molecule has 0 heterocycles. The molecule has 0 spiro atoms. The van der Waals surface area contributed by atoms with Gasteiger partial charge in [0.1, 0.15) is 0 Å². The van der Waals surface area contributed by atoms with E-state index in [2.05, 4.69) is 48.5 Å². The minimum absolute atomic E-state index is 0.497. The summed E-state index contributed by atoms with van der Waals surface area (Å²) in [5, 5.41) is 0. The smallest absolute Gasteiger partial charge is 0.0596 e. The maximum atomic E-state index is 2.50. The lowest BCUT2D eigenvalue weighted by molar-refractivity contribution is 0.303. The average molecular weight is 330 g/mol. The van der Waals surface area contributed by atoms with Crippen LogP contribution in [0.15, 0.2) is 0 Å². The van der Waals surface area contributed by atoms with E-state index in [0.29, 0.717) is 5.41 Å². The maximum absolute atomic E-state index is 2.50. The zero-order chi connectivity index (χ0) is 17.1. The second-order valence-electron chi connectivity index (χ2n) is 8.96. The molecule has 0 rings (SSSR count). The lowest BCUT2D eigenvalue weighted by atomic mass is 9.84. The van der Waals surface area contributed by atoms with Crippen LogP contribution in [0, 0.1) is 11.3 Å². The van der Waals surface area contributed by atoms with E-state index in [0.717, 1.165) is 5.92 Å². The van der Waals surface area contributed by atoms with E-state index < -0.39 is 7.26 Å². The first kappa shape index (κ1) is 22.4. The molecule has 1 atom stereocenters. The van der Waals surface area contributed by atoms with E-state index in [1.54, 1.807) is 24.6 Å². The zero-order valence-corrected chi connectivity index (χ0v) is 17.9. The summed E-state index contributed by atoms with van der Waals surface area (Å²) < 4.78 is 0. The van der Waals surface area contributed by atoms with Crippen molar-refractivity contribution in [3.63, 3.8) is 0 Å². The van der Waals surface area contributed by atoms with Gasteiger partial charge in [-0.2, -0.15) is 0 Å². The van der Waals surface area contributed by atoms with E-state index in [9.17, 15) is 0 Å². The normalized spacial score (nSPS) is 14.3. The van der Waals surface area contributed by atoms with Crippen LogP contribution < -0.4 is 0 Å². The lowest BCUT2D eigenvalue weighted by Crippen LogP contribution is -2.17. The third-order valence-electron chi connectivity index (χ3n) is 5.02. The van der Waals surface area contributed by atoms with Gasteiger partial charge in [-0.25, -0.2) is 0 Å². The Morgan fingerprint density at radius 1 is 0.727 bits per heavy atom. The van der Waals surface area contributed by atoms with E-state index in [-0.39, 0.29) is 0 Å². The molecular weight excluding hydrogens is 283 g/mol. The van der Waals surface area contributed by atoms with Gasteiger partial charge in [-0.15, -0.1) is 0 Å². The van der Waals surface area contributed by atoms with Gasteiger partial charge < -0.3 is 0 Å². The van der Waals surface area contributed by atoms with Crippen molar-refractivity contribution < 1.29 is 0 Å². The molecule has 0 aromatic rings. The standard InChI is InChI=1S/C21H46P/c1-8-11-15-22(16-12-9-2,17-13-10-3)18-14-20(4)19-21(5,6)7/h20H,8-19H2,1-7H3/q+1. The molecule has 0 fully saturated rings. The van der Waals surface area contributed by atoms with Crippen molar-refractivity contribution in [3.05, 3.63) is 0 Å². The third-order valence-corrected chi connectivity index (χ3v) is 10.0. The second kappa shape index (κ2) is 11.9. The number of hydrogen-bond acceptors (Lipinski definition) is 0. The molecule has 0 aliphatic carbocycles. The fourth-order valence-electron chi connectivity index (χ4n) is 3.79. The molecule has 0 aliphatic heterocycles. The SMILES string of the molecule is CCCC[P+](CCCC)(CCCC)CCC(C)CC(C)(C)C. The average Bonchev–Trinajstić information content (AvgIpc) is 2.44. The monoisotopic (exact) mass is 329 g/mol. The second-order valence-corrected chi connectivity index (χ2v) is 13.4. The van der Waals surface area contributed by atoms with Gasteiger partial charge >= 0.3 is 0 Å². The maximum Gasteiger partial charge on any atom is 0.0596 e. The molecule has 0 N–H and O–H groups in total. The van der Waals surface area contributed by atoms with Gasteiger partial charge in [0, 0.05) is 7.26 Å². The van der Waals surface area contributed by atoms with Crippen molar-refractivity contribution in [2.24, 2.45) is 11.3 Å². The fraction of sp³-hybridized carbons (Fsp3) is 1.00. The zero-order valence-electron chi connectivity index (χ0n) is 17.0. The summed E-state index contributed by atoms with van der Waals surface area (Å²) >= 11 is 0. The summed E-state index contributed by atoms with van der Waals surface area (Å²) in [6.45, 7) is 16.8. The van der Waals surface area contributed by atoms with Gasteiger partial charge in [0.15, 0.2) is 0 Å². The molecule has 134 valence electrons. The molecule has 0 saturated carbocycles. The Kier molecular flexibility index (Phi) is 12.1. The van der Waals surface area contributed by atoms with E-state index in [1.807, 2.05) is 0 Å². The predicted octanol–water partition coefficient (Wildman–Crippen LogP) is 7.87. The van der Waals surface area contributed by atoms with Crippen molar-refractivity contribution in [2.75, 3.05) is 24.6 Å². The van der Waals surface area contributed by atoms with Crippen LogP contribution in [0.25, 0.3) is 0 Å². The lowest BCUT2D eigenvalue weighted by Gasteiger charge is -2.30. The number of hydrogen-bond donors (Lipinski definition) is 0. The van der Waals surface area contributed by atoms with Crippen molar-refractivity contribution in [3.8, 4) is 0 Å². The molecule has 22 heavy (non-hydrogen) atoms. The highest BCUT2D eigenvalue weighted by Gasteiger charge is 2.35. The Balaban J connectivity index is 4.69. The Morgan fingerprint density at radius 3 is 1.45 bits per heavy atom. The molecule has 0 amide bonds. The molecule has 0 radical (unpaired) electrons. The van der Waals surface area contributed by atoms with E-state index >= 15 is 0 Å². The molecule has 0 aromatic heterocycles. The largest absolute Gasteiger partial charge is 0.0652 e. The van der Waals surface area contributed by atoms with Crippen LogP contribution in [0.1, 0.15) is 99.8 Å². The van der Waals surface area contributed by atoms with Crippen LogP contribution in [0.4, 0.5) is 0 Å². The Labute approximate surface area is 143 Å². The van der Waals surface area contributed by atoms with Crippen LogP contribution in [0.5, 0.6) is 0 Å². The van der Waals surface area contributed by atoms with Crippen molar-refractivity contribution in [1.82, 2.24) is 0 Å². The summed E-state index contributed by atoms with van der Waals surface area (Å²) in [6.07, 6.45) is 17.8. The molecule has 0 bridgehead atoms. The number of unbranched alkanes of at least 4 members (excludes halogenated alkanes) is 3. The van der Waals surface area contributed by atoms with Crippen LogP contribution >= 0.6 is 7.26 Å². The highest BCUT2D eigenvalue weighted by Crippen LogP contribution is 2.61. The fourth-order valence-corrected chi connectivity index (χ4v) is 9.08. The molecular formula is C21H46P+. The quantitative estimate of drug-likeness (QED) is 0.302. The van der Waals surface area contributed by atoms with Crippen LogP contribution in [0.2, 0.25) is 0 Å². The highest BCUT2D eigenvalue weighted by molar-refractivity contribution is 7.75. The molecule has 0 saturated heterocycles. The Hall–Kier alpha value is 0.430. The summed E-state index contributed by atoms with van der Waals surface area (Å²) in [4.78, 5) is 0. The predicted molar refractivity (Wildman–Crippen MR) is 109 cm³/mol. The van der Waals surface area contributed by atoms with Crippen LogP contribution in [-0.2, 0) is 0 Å². The van der Waals surface area contributed by atoms with Crippen molar-refractivity contribution in [2.45, 2.75) is 99.8 Å². The molecule has 0 aliphatic rings. The van der Waals surface area contributed by atoms with E-state index in [1.165, 1.54) is 51.4 Å². The Morgan fingerprint density at radius 2 is 1.14 bits per heavy atom. The summed E-state index contributed by atoms with van der Waals surface area (Å²) in [6, 6.07) is 0. The minimum atomic E-state index is -0.665. The third kappa shape index (κ3) is 11.0. The molecule has 1 heteroatoms. The number of rotatable bonds is 13. The summed E-state index contributed by atoms with van der Waals surface area (Å²) in [5.74, 6) is 0.907. The van der Waals surface area contributed by atoms with Gasteiger partial charge in [-0.3, -0.25) is 0 Å². The molecule has 0 aromatic carbocycles. The van der Waals surface area contributed by atoms with Gasteiger partial charge in [-0.05, 0) is 43.4 Å². The van der Waals surface area contributed by atoms with Crippen molar-refractivity contribution >= 4 is 7.26 Å². The van der Waals surface area contributed by atoms with Crippen LogP contribution in [-0.4, -0.2) is 24.6 Å². The first-order valence-electron chi connectivity index (χ1n) is 10.1. The van der Waals surface area contributed by atoms with E-state index in [4.69, 9.17) is 0 Å². The van der Waals surface area contributed by atoms with Gasteiger partial charge in [0.25, 0.3) is 0 Å². The highest BCUT2D eigenvalue weighted by atomic mass is 31.2. The van der Waals surface area contributed by atoms with Gasteiger partial charge in [-0.1, -0.05) is 67.7 Å². The molecule has 0 nitrogen and oxygen atoms in total. The van der Waals surface area contributed by atoms with Gasteiger partial charge in [0.2, 0.25) is 0 Å². The van der Waals surface area contributed by atoms with Crippen LogP contribution in [0.3, 0.4) is 0 Å².